The minimum atomic E-state index is -0.542. The quantitative estimate of drug-likeness (QED) is 0.760. The van der Waals surface area contributed by atoms with Crippen LogP contribution in [-0.2, 0) is 4.74 Å². The van der Waals surface area contributed by atoms with Crippen LogP contribution < -0.4 is 16.0 Å². The van der Waals surface area contributed by atoms with Gasteiger partial charge < -0.3 is 15.4 Å². The van der Waals surface area contributed by atoms with Gasteiger partial charge >= 0.3 is 12.1 Å². The predicted molar refractivity (Wildman–Crippen MR) is 92.8 cm³/mol. The molecule has 6 heteroatoms. The predicted octanol–water partition coefficient (Wildman–Crippen LogP) is 4.20. The molecule has 0 fully saturated rings. The summed E-state index contributed by atoms with van der Waals surface area (Å²) in [5.41, 5.74) is 0.714. The number of hydrogen-bond donors (Lipinski definition) is 3. The van der Waals surface area contributed by atoms with Crippen LogP contribution in [0.2, 0.25) is 0 Å². The summed E-state index contributed by atoms with van der Waals surface area (Å²) >= 11 is 0. The van der Waals surface area contributed by atoms with E-state index in [4.69, 9.17) is 4.74 Å². The van der Waals surface area contributed by atoms with E-state index in [-0.39, 0.29) is 6.03 Å². The Bertz CT molecular complexity index is 519. The van der Waals surface area contributed by atoms with Crippen LogP contribution >= 0.6 is 0 Å². The Labute approximate surface area is 138 Å². The summed E-state index contributed by atoms with van der Waals surface area (Å²) < 4.78 is 5.17. The molecule has 0 bridgehead atoms. The Hall–Kier alpha value is -2.24. The molecule has 128 valence electrons. The summed E-state index contributed by atoms with van der Waals surface area (Å²) in [5.74, 6) is 0.550. The summed E-state index contributed by atoms with van der Waals surface area (Å²) in [4.78, 5) is 23.4. The van der Waals surface area contributed by atoms with Crippen molar-refractivity contribution in [3.8, 4) is 0 Å². The van der Waals surface area contributed by atoms with Crippen LogP contribution in [0.3, 0.4) is 0 Å². The van der Waals surface area contributed by atoms with Gasteiger partial charge in [0.2, 0.25) is 0 Å². The summed E-state index contributed by atoms with van der Waals surface area (Å²) in [6.45, 7) is 10.3. The van der Waals surface area contributed by atoms with E-state index in [0.29, 0.717) is 23.8 Å². The maximum atomic E-state index is 11.7. The third-order valence-corrected chi connectivity index (χ3v) is 2.80. The van der Waals surface area contributed by atoms with Crippen molar-refractivity contribution in [2.45, 2.75) is 46.6 Å². The van der Waals surface area contributed by atoms with Crippen molar-refractivity contribution in [2.24, 2.45) is 5.92 Å². The average molecular weight is 321 g/mol. The zero-order valence-electron chi connectivity index (χ0n) is 14.5. The Kier molecular flexibility index (Phi) is 6.88. The van der Waals surface area contributed by atoms with E-state index in [9.17, 15) is 9.59 Å². The zero-order chi connectivity index (χ0) is 17.5. The average Bonchev–Trinajstić information content (AvgIpc) is 2.38. The van der Waals surface area contributed by atoms with Crippen molar-refractivity contribution < 1.29 is 14.3 Å². The number of carbonyl (C=O) groups is 2. The molecule has 0 heterocycles. The lowest BCUT2D eigenvalue weighted by Crippen LogP contribution is -2.30. The number of ether oxygens (including phenoxy) is 1. The SMILES string of the molecule is CC(C)CCNC(=O)Nc1ccc(NC(=O)OC(C)(C)C)cc1. The minimum absolute atomic E-state index is 0.237. The second kappa shape index (κ2) is 8.41. The van der Waals surface area contributed by atoms with Gasteiger partial charge in [-0.2, -0.15) is 0 Å². The van der Waals surface area contributed by atoms with Crippen LogP contribution in [-0.4, -0.2) is 24.3 Å². The maximum absolute atomic E-state index is 11.7. The highest BCUT2D eigenvalue weighted by atomic mass is 16.6. The number of anilines is 2. The van der Waals surface area contributed by atoms with Gasteiger partial charge in [-0.15, -0.1) is 0 Å². The second-order valence-corrected chi connectivity index (χ2v) is 6.77. The van der Waals surface area contributed by atoms with Crippen molar-refractivity contribution in [3.05, 3.63) is 24.3 Å². The van der Waals surface area contributed by atoms with Crippen molar-refractivity contribution in [2.75, 3.05) is 17.2 Å². The van der Waals surface area contributed by atoms with E-state index in [1.54, 1.807) is 45.0 Å². The molecular weight excluding hydrogens is 294 g/mol. The fraction of sp³-hybridized carbons (Fsp3) is 0.529. The molecule has 0 saturated heterocycles. The first kappa shape index (κ1) is 18.8. The van der Waals surface area contributed by atoms with Gasteiger partial charge in [0, 0.05) is 17.9 Å². The number of nitrogens with one attached hydrogen (secondary N) is 3. The molecule has 1 aromatic rings. The first-order chi connectivity index (χ1) is 10.7. The molecule has 23 heavy (non-hydrogen) atoms. The van der Waals surface area contributed by atoms with Gasteiger partial charge in [-0.05, 0) is 57.4 Å². The highest BCUT2D eigenvalue weighted by molar-refractivity contribution is 5.90. The van der Waals surface area contributed by atoms with Gasteiger partial charge in [-0.25, -0.2) is 9.59 Å². The summed E-state index contributed by atoms with van der Waals surface area (Å²) in [5, 5.41) is 8.17. The Morgan fingerprint density at radius 2 is 1.57 bits per heavy atom. The fourth-order valence-corrected chi connectivity index (χ4v) is 1.71. The van der Waals surface area contributed by atoms with Crippen molar-refractivity contribution in [3.63, 3.8) is 0 Å². The number of benzene rings is 1. The first-order valence-electron chi connectivity index (χ1n) is 7.80. The monoisotopic (exact) mass is 321 g/mol. The molecule has 0 radical (unpaired) electrons. The number of rotatable bonds is 5. The van der Waals surface area contributed by atoms with Gasteiger partial charge in [-0.3, -0.25) is 5.32 Å². The standard InChI is InChI=1S/C17H27N3O3/c1-12(2)10-11-18-15(21)19-13-6-8-14(9-7-13)20-16(22)23-17(3,4)5/h6-9,12H,10-11H2,1-5H3,(H,20,22)(H2,18,19,21). The van der Waals surface area contributed by atoms with Crippen molar-refractivity contribution in [1.82, 2.24) is 5.32 Å². The van der Waals surface area contributed by atoms with Gasteiger partial charge in [0.1, 0.15) is 5.60 Å². The maximum Gasteiger partial charge on any atom is 0.412 e. The minimum Gasteiger partial charge on any atom is -0.444 e. The molecular formula is C17H27N3O3. The Balaban J connectivity index is 2.44. The van der Waals surface area contributed by atoms with Crippen LogP contribution in [0.4, 0.5) is 21.0 Å². The first-order valence-corrected chi connectivity index (χ1v) is 7.80. The lowest BCUT2D eigenvalue weighted by molar-refractivity contribution is 0.0636. The van der Waals surface area contributed by atoms with Gasteiger partial charge in [-0.1, -0.05) is 13.8 Å². The van der Waals surface area contributed by atoms with E-state index in [0.717, 1.165) is 6.42 Å². The zero-order valence-corrected chi connectivity index (χ0v) is 14.5. The fourth-order valence-electron chi connectivity index (χ4n) is 1.71. The molecule has 0 saturated carbocycles. The molecule has 0 aliphatic carbocycles. The highest BCUT2D eigenvalue weighted by Crippen LogP contribution is 2.15. The summed E-state index contributed by atoms with van der Waals surface area (Å²) in [6, 6.07) is 6.60. The van der Waals surface area contributed by atoms with Crippen LogP contribution in [0.15, 0.2) is 24.3 Å². The molecule has 1 aromatic carbocycles. The molecule has 3 N–H and O–H groups in total. The lowest BCUT2D eigenvalue weighted by atomic mass is 10.1. The largest absolute Gasteiger partial charge is 0.444 e. The van der Waals surface area contributed by atoms with E-state index in [2.05, 4.69) is 29.8 Å². The number of amides is 3. The summed E-state index contributed by atoms with van der Waals surface area (Å²) in [6.07, 6.45) is 0.427. The molecule has 6 nitrogen and oxygen atoms in total. The van der Waals surface area contributed by atoms with E-state index in [1.807, 2.05) is 0 Å². The van der Waals surface area contributed by atoms with Crippen LogP contribution in [0.1, 0.15) is 41.0 Å². The van der Waals surface area contributed by atoms with Crippen LogP contribution in [0, 0.1) is 5.92 Å². The van der Waals surface area contributed by atoms with E-state index < -0.39 is 11.7 Å². The topological polar surface area (TPSA) is 79.5 Å². The third kappa shape index (κ3) is 8.70. The molecule has 0 spiro atoms. The number of urea groups is 1. The smallest absolute Gasteiger partial charge is 0.412 e. The van der Waals surface area contributed by atoms with Crippen LogP contribution in [0.25, 0.3) is 0 Å². The van der Waals surface area contributed by atoms with Crippen molar-refractivity contribution >= 4 is 23.5 Å². The Morgan fingerprint density at radius 1 is 1.04 bits per heavy atom. The molecule has 0 aliphatic rings. The number of hydrogen-bond acceptors (Lipinski definition) is 3. The normalized spacial score (nSPS) is 11.0. The van der Waals surface area contributed by atoms with Gasteiger partial charge in [0.25, 0.3) is 0 Å². The highest BCUT2D eigenvalue weighted by Gasteiger charge is 2.16. The molecule has 0 unspecified atom stereocenters. The van der Waals surface area contributed by atoms with Crippen LogP contribution in [0.5, 0.6) is 0 Å². The van der Waals surface area contributed by atoms with Crippen molar-refractivity contribution in [1.29, 1.82) is 0 Å². The molecule has 3 amide bonds. The Morgan fingerprint density at radius 3 is 2.04 bits per heavy atom. The molecule has 1 rings (SSSR count). The molecule has 0 aliphatic heterocycles. The van der Waals surface area contributed by atoms with E-state index >= 15 is 0 Å². The van der Waals surface area contributed by atoms with Gasteiger partial charge in [0.05, 0.1) is 0 Å². The van der Waals surface area contributed by atoms with Gasteiger partial charge in [0.15, 0.2) is 0 Å². The second-order valence-electron chi connectivity index (χ2n) is 6.77. The lowest BCUT2D eigenvalue weighted by Gasteiger charge is -2.19. The third-order valence-electron chi connectivity index (χ3n) is 2.80. The molecule has 0 aromatic heterocycles. The van der Waals surface area contributed by atoms with E-state index in [1.165, 1.54) is 0 Å². The molecule has 0 atom stereocenters. The number of carbonyl (C=O) groups excluding carboxylic acids is 2. The summed E-state index contributed by atoms with van der Waals surface area (Å²) in [7, 11) is 0.